The van der Waals surface area contributed by atoms with Gasteiger partial charge in [0.2, 0.25) is 0 Å². The summed E-state index contributed by atoms with van der Waals surface area (Å²) in [6, 6.07) is 0. The molecule has 3 saturated carbocycles. The lowest BCUT2D eigenvalue weighted by Gasteiger charge is -2.59. The predicted octanol–water partition coefficient (Wildman–Crippen LogP) is 4.59. The quantitative estimate of drug-likeness (QED) is 0.715. The Morgan fingerprint density at radius 2 is 1.89 bits per heavy atom. The van der Waals surface area contributed by atoms with Gasteiger partial charge in [0.05, 0.1) is 18.6 Å². The van der Waals surface area contributed by atoms with Gasteiger partial charge in [-0.2, -0.15) is 0 Å². The molecule has 0 radical (unpaired) electrons. The number of hydrogen-bond donors (Lipinski definition) is 1. The number of carbonyl (C=O) groups is 2. The maximum Gasteiger partial charge on any atom is 0.308 e. The van der Waals surface area contributed by atoms with Gasteiger partial charge in [-0.05, 0) is 86.0 Å². The summed E-state index contributed by atoms with van der Waals surface area (Å²) in [6.07, 6.45) is 10.5. The Morgan fingerprint density at radius 1 is 1.14 bits per heavy atom. The summed E-state index contributed by atoms with van der Waals surface area (Å²) in [5.41, 5.74) is 0.387. The number of rotatable bonds is 4. The Hall–Kier alpha value is -1.16. The van der Waals surface area contributed by atoms with Crippen LogP contribution in [0.15, 0.2) is 11.6 Å². The fourth-order valence-electron chi connectivity index (χ4n) is 7.47. The van der Waals surface area contributed by atoms with Crippen LogP contribution in [-0.4, -0.2) is 29.1 Å². The zero-order valence-corrected chi connectivity index (χ0v) is 17.8. The second kappa shape index (κ2) is 6.97. The zero-order valence-electron chi connectivity index (χ0n) is 17.8. The molecule has 0 heterocycles. The van der Waals surface area contributed by atoms with Crippen LogP contribution in [0, 0.1) is 28.6 Å². The average Bonchev–Trinajstić information content (AvgIpc) is 2.91. The van der Waals surface area contributed by atoms with Crippen molar-refractivity contribution in [3.05, 3.63) is 11.6 Å². The van der Waals surface area contributed by atoms with E-state index in [9.17, 15) is 14.7 Å². The van der Waals surface area contributed by atoms with Gasteiger partial charge in [-0.1, -0.05) is 26.3 Å². The first-order chi connectivity index (χ1) is 13.2. The van der Waals surface area contributed by atoms with Crippen LogP contribution in [0.4, 0.5) is 0 Å². The first kappa shape index (κ1) is 20.1. The predicted molar refractivity (Wildman–Crippen MR) is 108 cm³/mol. The highest BCUT2D eigenvalue weighted by molar-refractivity contribution is 5.91. The number of aliphatic hydroxyl groups is 1. The van der Waals surface area contributed by atoms with E-state index >= 15 is 0 Å². The van der Waals surface area contributed by atoms with Crippen LogP contribution in [0.1, 0.15) is 85.0 Å². The Kier molecular flexibility index (Phi) is 5.01. The monoisotopic (exact) mass is 388 g/mol. The molecule has 6 atom stereocenters. The highest BCUT2D eigenvalue weighted by atomic mass is 16.5. The first-order valence-electron chi connectivity index (χ1n) is 11.4. The van der Waals surface area contributed by atoms with Crippen LogP contribution < -0.4 is 0 Å². The number of ketones is 1. The Bertz CT molecular complexity index is 697. The number of carbonyl (C=O) groups excluding carboxylic acids is 2. The first-order valence-corrected chi connectivity index (χ1v) is 11.4. The third-order valence-electron chi connectivity index (χ3n) is 9.19. The smallest absolute Gasteiger partial charge is 0.308 e. The molecule has 0 aromatic carbocycles. The molecule has 0 aromatic heterocycles. The van der Waals surface area contributed by atoms with Crippen LogP contribution in [0.2, 0.25) is 0 Å². The molecule has 1 N–H and O–H groups in total. The van der Waals surface area contributed by atoms with Crippen LogP contribution in [0.25, 0.3) is 0 Å². The van der Waals surface area contributed by atoms with Crippen molar-refractivity contribution in [2.75, 3.05) is 6.61 Å². The summed E-state index contributed by atoms with van der Waals surface area (Å²) in [5.74, 6) is 1.71. The summed E-state index contributed by atoms with van der Waals surface area (Å²) in [7, 11) is 0. The molecule has 0 unspecified atom stereocenters. The van der Waals surface area contributed by atoms with Crippen molar-refractivity contribution in [2.24, 2.45) is 28.6 Å². The highest BCUT2D eigenvalue weighted by Gasteiger charge is 2.64. The van der Waals surface area contributed by atoms with Crippen LogP contribution in [0.5, 0.6) is 0 Å². The van der Waals surface area contributed by atoms with Crippen molar-refractivity contribution in [3.8, 4) is 0 Å². The van der Waals surface area contributed by atoms with Crippen molar-refractivity contribution in [2.45, 2.75) is 90.6 Å². The van der Waals surface area contributed by atoms with E-state index in [1.807, 2.05) is 13.0 Å². The minimum absolute atomic E-state index is 0.133. The molecule has 3 fully saturated rings. The van der Waals surface area contributed by atoms with Gasteiger partial charge in [-0.15, -0.1) is 0 Å². The average molecular weight is 389 g/mol. The van der Waals surface area contributed by atoms with E-state index in [1.165, 1.54) is 5.57 Å². The molecule has 4 heteroatoms. The summed E-state index contributed by atoms with van der Waals surface area (Å²) < 4.78 is 5.31. The minimum Gasteiger partial charge on any atom is -0.466 e. The van der Waals surface area contributed by atoms with E-state index in [2.05, 4.69) is 13.8 Å². The fraction of sp³-hybridized carbons (Fsp3) is 0.833. The lowest BCUT2D eigenvalue weighted by atomic mass is 9.46. The van der Waals surface area contributed by atoms with Gasteiger partial charge in [0, 0.05) is 6.42 Å². The van der Waals surface area contributed by atoms with Crippen LogP contribution in [-0.2, 0) is 14.3 Å². The topological polar surface area (TPSA) is 63.6 Å². The summed E-state index contributed by atoms with van der Waals surface area (Å²) in [4.78, 5) is 24.3. The zero-order chi connectivity index (χ0) is 20.2. The standard InChI is InChI=1S/C24H36O4/c1-4-13-28-21(26)15-24(27)12-9-20-18-6-5-16-14-17(25)7-10-22(16,2)19(18)8-11-23(20,24)3/h14,18-20,27H,4-13,15H2,1-3H3/t18-,19+,20+,22+,23+,24-/m1/s1. The molecule has 0 aromatic rings. The molecule has 156 valence electrons. The number of fused-ring (bicyclic) bond motifs is 5. The van der Waals surface area contributed by atoms with E-state index in [0.717, 1.165) is 44.9 Å². The molecule has 4 nitrogen and oxygen atoms in total. The molecule has 0 saturated heterocycles. The van der Waals surface area contributed by atoms with Gasteiger partial charge in [-0.25, -0.2) is 0 Å². The van der Waals surface area contributed by atoms with Crippen molar-refractivity contribution in [1.82, 2.24) is 0 Å². The third-order valence-corrected chi connectivity index (χ3v) is 9.19. The lowest BCUT2D eigenvalue weighted by molar-refractivity contribution is -0.163. The van der Waals surface area contributed by atoms with E-state index in [-0.39, 0.29) is 23.2 Å². The molecule has 4 aliphatic carbocycles. The minimum atomic E-state index is -0.937. The molecule has 0 spiro atoms. The van der Waals surface area contributed by atoms with Crippen molar-refractivity contribution >= 4 is 11.8 Å². The van der Waals surface area contributed by atoms with Gasteiger partial charge in [0.25, 0.3) is 0 Å². The summed E-state index contributed by atoms with van der Waals surface area (Å²) >= 11 is 0. The Morgan fingerprint density at radius 3 is 2.64 bits per heavy atom. The van der Waals surface area contributed by atoms with E-state index in [4.69, 9.17) is 4.74 Å². The second-order valence-corrected chi connectivity index (χ2v) is 10.4. The van der Waals surface area contributed by atoms with E-state index in [1.54, 1.807) is 0 Å². The Balaban J connectivity index is 1.56. The number of hydrogen-bond acceptors (Lipinski definition) is 4. The molecule has 28 heavy (non-hydrogen) atoms. The number of esters is 1. The molecule has 0 bridgehead atoms. The molecule has 0 aliphatic heterocycles. The third kappa shape index (κ3) is 2.89. The maximum atomic E-state index is 12.3. The van der Waals surface area contributed by atoms with Crippen LogP contribution >= 0.6 is 0 Å². The fourth-order valence-corrected chi connectivity index (χ4v) is 7.47. The van der Waals surface area contributed by atoms with Crippen LogP contribution in [0.3, 0.4) is 0 Å². The van der Waals surface area contributed by atoms with Gasteiger partial charge < -0.3 is 9.84 Å². The van der Waals surface area contributed by atoms with E-state index < -0.39 is 5.60 Å². The second-order valence-electron chi connectivity index (χ2n) is 10.4. The largest absolute Gasteiger partial charge is 0.466 e. The number of allylic oxidation sites excluding steroid dienone is 1. The molecule has 0 amide bonds. The maximum absolute atomic E-state index is 12.3. The van der Waals surface area contributed by atoms with E-state index in [0.29, 0.717) is 43.0 Å². The normalized spacial score (nSPS) is 44.9. The Labute approximate surface area is 169 Å². The number of ether oxygens (including phenoxy) is 1. The molecular formula is C24H36O4. The SMILES string of the molecule is CCCOC(=O)C[C@]1(O)CC[C@H]2[C@@H]3CCC4=CC(=O)CC[C@]4(C)[C@H]3CC[C@@]21C. The lowest BCUT2D eigenvalue weighted by Crippen LogP contribution is -2.55. The summed E-state index contributed by atoms with van der Waals surface area (Å²) in [6.45, 7) is 7.04. The van der Waals surface area contributed by atoms with Gasteiger partial charge >= 0.3 is 5.97 Å². The van der Waals surface area contributed by atoms with Crippen molar-refractivity contribution in [3.63, 3.8) is 0 Å². The van der Waals surface area contributed by atoms with Crippen molar-refractivity contribution < 1.29 is 19.4 Å². The van der Waals surface area contributed by atoms with Gasteiger partial charge in [-0.3, -0.25) is 9.59 Å². The molecular weight excluding hydrogens is 352 g/mol. The summed E-state index contributed by atoms with van der Waals surface area (Å²) in [5, 5.41) is 11.6. The molecule has 4 aliphatic rings. The van der Waals surface area contributed by atoms with Crippen molar-refractivity contribution in [1.29, 1.82) is 0 Å². The van der Waals surface area contributed by atoms with Gasteiger partial charge in [0.1, 0.15) is 0 Å². The molecule has 4 rings (SSSR count). The highest BCUT2D eigenvalue weighted by Crippen LogP contribution is 2.68. The van der Waals surface area contributed by atoms with Gasteiger partial charge in [0.15, 0.2) is 5.78 Å².